The number of rotatable bonds is 7. The summed E-state index contributed by atoms with van der Waals surface area (Å²) in [5.74, 6) is -0.301. The van der Waals surface area contributed by atoms with Crippen LogP contribution in [0.15, 0.2) is 0 Å². The lowest BCUT2D eigenvalue weighted by atomic mass is 10.1. The fourth-order valence-electron chi connectivity index (χ4n) is 1.27. The van der Waals surface area contributed by atoms with Crippen LogP contribution in [-0.4, -0.2) is 32.6 Å². The normalized spacial score (nSPS) is 12.9. The van der Waals surface area contributed by atoms with Gasteiger partial charge < -0.3 is 14.2 Å². The van der Waals surface area contributed by atoms with Crippen LogP contribution in [0.5, 0.6) is 0 Å². The third-order valence-corrected chi connectivity index (χ3v) is 1.93. The number of unbranched alkanes of at least 4 members (excludes halogenated alkanes) is 1. The van der Waals surface area contributed by atoms with Gasteiger partial charge in [0.2, 0.25) is 0 Å². The molecule has 0 aromatic rings. The van der Waals surface area contributed by atoms with Crippen molar-refractivity contribution < 1.29 is 19.0 Å². The van der Waals surface area contributed by atoms with Crippen LogP contribution >= 0.6 is 0 Å². The Morgan fingerprint density at radius 1 is 1.29 bits per heavy atom. The summed E-state index contributed by atoms with van der Waals surface area (Å²) in [4.78, 5) is 10.8. The zero-order chi connectivity index (χ0) is 11.0. The highest BCUT2D eigenvalue weighted by atomic mass is 16.7. The van der Waals surface area contributed by atoms with E-state index in [-0.39, 0.29) is 12.1 Å². The van der Waals surface area contributed by atoms with Crippen molar-refractivity contribution in [1.82, 2.24) is 0 Å². The molecule has 0 N–H and O–H groups in total. The molecule has 1 unspecified atom stereocenters. The van der Waals surface area contributed by atoms with E-state index in [1.165, 1.54) is 21.1 Å². The molecule has 1 atom stereocenters. The van der Waals surface area contributed by atoms with Crippen molar-refractivity contribution in [2.45, 2.75) is 45.5 Å². The molecule has 0 spiro atoms. The van der Waals surface area contributed by atoms with Crippen LogP contribution in [0.3, 0.4) is 0 Å². The molecule has 84 valence electrons. The lowest BCUT2D eigenvalue weighted by Crippen LogP contribution is -2.33. The molecule has 0 fully saturated rings. The first-order valence-electron chi connectivity index (χ1n) is 4.88. The third kappa shape index (κ3) is 5.19. The van der Waals surface area contributed by atoms with E-state index in [0.29, 0.717) is 0 Å². The van der Waals surface area contributed by atoms with Gasteiger partial charge in [-0.05, 0) is 12.8 Å². The van der Waals surface area contributed by atoms with Gasteiger partial charge in [-0.3, -0.25) is 4.79 Å². The van der Waals surface area contributed by atoms with Gasteiger partial charge in [0.15, 0.2) is 12.4 Å². The van der Waals surface area contributed by atoms with E-state index < -0.39 is 6.29 Å². The number of carbonyl (C=O) groups excluding carboxylic acids is 1. The summed E-state index contributed by atoms with van der Waals surface area (Å²) >= 11 is 0. The summed E-state index contributed by atoms with van der Waals surface area (Å²) in [5.41, 5.74) is 0. The molecule has 0 saturated heterocycles. The second kappa shape index (κ2) is 7.76. The average molecular weight is 204 g/mol. The first-order chi connectivity index (χ1) is 6.65. The van der Waals surface area contributed by atoms with Gasteiger partial charge in [-0.2, -0.15) is 0 Å². The van der Waals surface area contributed by atoms with Gasteiger partial charge in [-0.1, -0.05) is 13.3 Å². The zero-order valence-corrected chi connectivity index (χ0v) is 9.41. The molecule has 0 saturated carbocycles. The molecular formula is C10H20O4. The van der Waals surface area contributed by atoms with Crippen LogP contribution in [0.4, 0.5) is 0 Å². The van der Waals surface area contributed by atoms with Crippen molar-refractivity contribution in [3.63, 3.8) is 0 Å². The van der Waals surface area contributed by atoms with Gasteiger partial charge >= 0.3 is 5.97 Å². The van der Waals surface area contributed by atoms with E-state index in [2.05, 4.69) is 6.92 Å². The van der Waals surface area contributed by atoms with Crippen molar-refractivity contribution in [2.75, 3.05) is 14.2 Å². The maximum Gasteiger partial charge on any atom is 0.303 e. The van der Waals surface area contributed by atoms with Crippen LogP contribution in [0.25, 0.3) is 0 Å². The first-order valence-corrected chi connectivity index (χ1v) is 4.88. The highest BCUT2D eigenvalue weighted by Gasteiger charge is 2.23. The maximum absolute atomic E-state index is 10.8. The number of carbonyl (C=O) groups is 1. The van der Waals surface area contributed by atoms with Crippen molar-refractivity contribution in [1.29, 1.82) is 0 Å². The summed E-state index contributed by atoms with van der Waals surface area (Å²) in [6, 6.07) is 0. The predicted octanol–water partition coefficient (Wildman–Crippen LogP) is 1.73. The Labute approximate surface area is 85.5 Å². The monoisotopic (exact) mass is 204 g/mol. The molecule has 0 heterocycles. The van der Waals surface area contributed by atoms with Gasteiger partial charge in [-0.15, -0.1) is 0 Å². The minimum atomic E-state index is -0.467. The number of esters is 1. The molecule has 0 aliphatic heterocycles. The lowest BCUT2D eigenvalue weighted by Gasteiger charge is -2.24. The topological polar surface area (TPSA) is 44.8 Å². The highest BCUT2D eigenvalue weighted by Crippen LogP contribution is 2.12. The summed E-state index contributed by atoms with van der Waals surface area (Å²) in [5, 5.41) is 0. The predicted molar refractivity (Wildman–Crippen MR) is 52.9 cm³/mol. The summed E-state index contributed by atoms with van der Waals surface area (Å²) in [6.07, 6.45) is 2.04. The molecule has 0 aromatic carbocycles. The van der Waals surface area contributed by atoms with E-state index in [9.17, 15) is 4.79 Å². The Morgan fingerprint density at radius 2 is 1.86 bits per heavy atom. The minimum absolute atomic E-state index is 0.301. The third-order valence-electron chi connectivity index (χ3n) is 1.93. The molecule has 4 nitrogen and oxygen atoms in total. The van der Waals surface area contributed by atoms with Gasteiger partial charge in [0.05, 0.1) is 0 Å². The van der Waals surface area contributed by atoms with Crippen LogP contribution in [0, 0.1) is 0 Å². The number of hydrogen-bond donors (Lipinski definition) is 0. The molecule has 0 radical (unpaired) electrons. The maximum atomic E-state index is 10.8. The van der Waals surface area contributed by atoms with E-state index in [4.69, 9.17) is 14.2 Å². The molecule has 0 aliphatic carbocycles. The van der Waals surface area contributed by atoms with Crippen LogP contribution in [-0.2, 0) is 19.0 Å². The summed E-state index contributed by atoms with van der Waals surface area (Å²) < 4.78 is 15.2. The second-order valence-corrected chi connectivity index (χ2v) is 3.13. The number of hydrogen-bond acceptors (Lipinski definition) is 4. The molecule has 0 rings (SSSR count). The Morgan fingerprint density at radius 3 is 2.21 bits per heavy atom. The molecule has 4 heteroatoms. The second-order valence-electron chi connectivity index (χ2n) is 3.13. The van der Waals surface area contributed by atoms with Gasteiger partial charge in [0.25, 0.3) is 0 Å². The minimum Gasteiger partial charge on any atom is -0.457 e. The van der Waals surface area contributed by atoms with Gasteiger partial charge in [-0.25, -0.2) is 0 Å². The molecule has 0 bridgehead atoms. The van der Waals surface area contributed by atoms with E-state index >= 15 is 0 Å². The van der Waals surface area contributed by atoms with Crippen LogP contribution < -0.4 is 0 Å². The van der Waals surface area contributed by atoms with Crippen molar-refractivity contribution in [3.8, 4) is 0 Å². The summed E-state index contributed by atoms with van der Waals surface area (Å²) in [6.45, 7) is 3.47. The molecule has 0 aliphatic rings. The average Bonchev–Trinajstić information content (AvgIpc) is 2.15. The molecule has 0 amide bonds. The fraction of sp³-hybridized carbons (Fsp3) is 0.900. The zero-order valence-electron chi connectivity index (χ0n) is 9.41. The Hall–Kier alpha value is -0.610. The molecule has 0 aromatic heterocycles. The first kappa shape index (κ1) is 13.4. The molecular weight excluding hydrogens is 184 g/mol. The van der Waals surface area contributed by atoms with E-state index in [0.717, 1.165) is 19.3 Å². The Bertz CT molecular complexity index is 154. The van der Waals surface area contributed by atoms with Crippen LogP contribution in [0.2, 0.25) is 0 Å². The van der Waals surface area contributed by atoms with E-state index in [1.807, 2.05) is 0 Å². The molecule has 14 heavy (non-hydrogen) atoms. The van der Waals surface area contributed by atoms with Crippen molar-refractivity contribution in [3.05, 3.63) is 0 Å². The Kier molecular flexibility index (Phi) is 7.42. The van der Waals surface area contributed by atoms with Crippen molar-refractivity contribution >= 4 is 5.97 Å². The quantitative estimate of drug-likeness (QED) is 0.468. The van der Waals surface area contributed by atoms with Crippen LogP contribution in [0.1, 0.15) is 33.1 Å². The fourth-order valence-corrected chi connectivity index (χ4v) is 1.27. The smallest absolute Gasteiger partial charge is 0.303 e. The van der Waals surface area contributed by atoms with Gasteiger partial charge in [0, 0.05) is 21.1 Å². The van der Waals surface area contributed by atoms with Gasteiger partial charge in [0.1, 0.15) is 0 Å². The largest absolute Gasteiger partial charge is 0.457 e. The number of methoxy groups -OCH3 is 2. The standard InChI is InChI=1S/C10H20O4/c1-5-6-7-9(14-8(2)11)10(12-3)13-4/h9-10H,5-7H2,1-4H3. The summed E-state index contributed by atoms with van der Waals surface area (Å²) in [7, 11) is 3.08. The lowest BCUT2D eigenvalue weighted by molar-refractivity contribution is -0.191. The van der Waals surface area contributed by atoms with Crippen molar-refractivity contribution in [2.24, 2.45) is 0 Å². The Balaban J connectivity index is 4.12. The van der Waals surface area contributed by atoms with E-state index in [1.54, 1.807) is 0 Å². The SMILES string of the molecule is CCCCC(OC(C)=O)C(OC)OC. The highest BCUT2D eigenvalue weighted by molar-refractivity contribution is 5.66. The number of ether oxygens (including phenoxy) is 3.